The summed E-state index contributed by atoms with van der Waals surface area (Å²) in [4.78, 5) is 27.2. The average Bonchev–Trinajstić information content (AvgIpc) is 3.19. The highest BCUT2D eigenvalue weighted by atomic mass is 16.7. The fourth-order valence-electron chi connectivity index (χ4n) is 8.65. The Labute approximate surface area is 329 Å². The van der Waals surface area contributed by atoms with Gasteiger partial charge in [-0.25, -0.2) is 0 Å². The van der Waals surface area contributed by atoms with Crippen LogP contribution in [0.15, 0.2) is 0 Å². The van der Waals surface area contributed by atoms with Gasteiger partial charge in [0.15, 0.2) is 12.6 Å². The molecule has 0 aromatic rings. The van der Waals surface area contributed by atoms with Crippen LogP contribution in [0.5, 0.6) is 0 Å². The van der Waals surface area contributed by atoms with Gasteiger partial charge in [0.2, 0.25) is 0 Å². The van der Waals surface area contributed by atoms with Gasteiger partial charge in [0.1, 0.15) is 48.8 Å². The molecule has 0 saturated carbocycles. The lowest BCUT2D eigenvalue weighted by Crippen LogP contribution is -2.58. The van der Waals surface area contributed by atoms with E-state index < -0.39 is 111 Å². The van der Waals surface area contributed by atoms with Crippen LogP contribution in [0, 0.1) is 11.8 Å². The van der Waals surface area contributed by atoms with E-state index in [1.54, 1.807) is 42.7 Å². The zero-order chi connectivity index (χ0) is 40.5. The fourth-order valence-corrected chi connectivity index (χ4v) is 8.65. The second-order valence-corrected chi connectivity index (χ2v) is 15.4. The molecule has 5 rings (SSSR count). The highest BCUT2D eigenvalue weighted by Gasteiger charge is 2.49. The van der Waals surface area contributed by atoms with Crippen molar-refractivity contribution in [1.29, 1.82) is 0 Å². The van der Waals surface area contributed by atoms with Crippen molar-refractivity contribution in [2.45, 2.75) is 150 Å². The van der Waals surface area contributed by atoms with E-state index in [1.807, 2.05) is 13.8 Å². The standard InChI is InChI=1S/C38H64O18/c1-19-25(55-37-35(47-7)33(45-5)29(43-3)17-49-37)11-21-9-23(15-39)54-32(42)14-28-20(2)26(56-38-36(48-8)34(46-6)30(44-4)18-50-38)12-22(52-28)10-24(16-40)53-31(41)13-27(19)51-21/h19-30,33-40H,9-18H2,1-8H3/t19-,20-,21-,22-,23+,24+,25+,26+,27+,28+,29-,30-,33+,34+,35-,36-,37+,38+/m1/s1. The van der Waals surface area contributed by atoms with E-state index in [9.17, 15) is 19.8 Å². The van der Waals surface area contributed by atoms with E-state index >= 15 is 0 Å². The molecule has 5 fully saturated rings. The summed E-state index contributed by atoms with van der Waals surface area (Å²) in [5, 5.41) is 20.8. The number of hydrogen-bond donors (Lipinski definition) is 2. The number of ether oxygens (including phenoxy) is 14. The number of aliphatic hydroxyl groups excluding tert-OH is 2. The maximum absolute atomic E-state index is 13.6. The van der Waals surface area contributed by atoms with Crippen molar-refractivity contribution >= 4 is 11.9 Å². The van der Waals surface area contributed by atoms with Crippen LogP contribution < -0.4 is 0 Å². The van der Waals surface area contributed by atoms with Crippen molar-refractivity contribution in [3.63, 3.8) is 0 Å². The lowest BCUT2D eigenvalue weighted by atomic mass is 9.86. The molecule has 4 bridgehead atoms. The predicted octanol–water partition coefficient (Wildman–Crippen LogP) is 0.529. The normalized spacial score (nSPS) is 44.5. The van der Waals surface area contributed by atoms with Crippen molar-refractivity contribution in [2.24, 2.45) is 11.8 Å². The van der Waals surface area contributed by atoms with Gasteiger partial charge in [-0.1, -0.05) is 13.8 Å². The van der Waals surface area contributed by atoms with Crippen molar-refractivity contribution < 1.29 is 86.1 Å². The van der Waals surface area contributed by atoms with E-state index in [4.69, 9.17) is 66.3 Å². The Morgan fingerprint density at radius 2 is 0.911 bits per heavy atom. The Bertz CT molecular complexity index is 1120. The van der Waals surface area contributed by atoms with Gasteiger partial charge < -0.3 is 76.5 Å². The minimum absolute atomic E-state index is 0.126. The summed E-state index contributed by atoms with van der Waals surface area (Å²) in [6.45, 7) is 3.32. The molecule has 0 aromatic carbocycles. The van der Waals surface area contributed by atoms with Crippen LogP contribution in [0.3, 0.4) is 0 Å². The van der Waals surface area contributed by atoms with Gasteiger partial charge in [-0.3, -0.25) is 9.59 Å². The molecule has 5 aliphatic rings. The number of fused-ring (bicyclic) bond motifs is 4. The van der Waals surface area contributed by atoms with Crippen LogP contribution in [0.2, 0.25) is 0 Å². The lowest BCUT2D eigenvalue weighted by molar-refractivity contribution is -0.309. The number of methoxy groups -OCH3 is 6. The molecule has 5 aliphatic heterocycles. The molecule has 324 valence electrons. The summed E-state index contributed by atoms with van der Waals surface area (Å²) in [6.07, 6.45) is -9.27. The molecular formula is C38H64O18. The first-order chi connectivity index (χ1) is 27.0. The Morgan fingerprint density at radius 3 is 1.23 bits per heavy atom. The third-order valence-electron chi connectivity index (χ3n) is 11.9. The van der Waals surface area contributed by atoms with Gasteiger partial charge in [0, 0.05) is 80.2 Å². The van der Waals surface area contributed by atoms with E-state index in [0.29, 0.717) is 12.8 Å². The molecule has 18 nitrogen and oxygen atoms in total. The monoisotopic (exact) mass is 808 g/mol. The predicted molar refractivity (Wildman–Crippen MR) is 191 cm³/mol. The number of cyclic esters (lactones) is 2. The minimum atomic E-state index is -0.918. The van der Waals surface area contributed by atoms with E-state index in [2.05, 4.69) is 0 Å². The molecule has 18 heteroatoms. The fraction of sp³-hybridized carbons (Fsp3) is 0.947. The topological polar surface area (TPSA) is 204 Å². The molecule has 0 aromatic heterocycles. The largest absolute Gasteiger partial charge is 0.460 e. The van der Waals surface area contributed by atoms with Crippen LogP contribution in [-0.2, 0) is 75.9 Å². The quantitative estimate of drug-likeness (QED) is 0.258. The maximum Gasteiger partial charge on any atom is 0.308 e. The number of aliphatic hydroxyl groups is 2. The van der Waals surface area contributed by atoms with Gasteiger partial charge in [0.25, 0.3) is 0 Å². The van der Waals surface area contributed by atoms with Crippen molar-refractivity contribution in [2.75, 3.05) is 69.1 Å². The summed E-state index contributed by atoms with van der Waals surface area (Å²) >= 11 is 0. The van der Waals surface area contributed by atoms with Crippen LogP contribution in [-0.4, -0.2) is 189 Å². The van der Waals surface area contributed by atoms with Gasteiger partial charge in [0.05, 0.1) is 75.9 Å². The summed E-state index contributed by atoms with van der Waals surface area (Å²) in [5.74, 6) is -1.82. The molecule has 56 heavy (non-hydrogen) atoms. The molecule has 0 unspecified atom stereocenters. The van der Waals surface area contributed by atoms with E-state index in [1.165, 1.54) is 0 Å². The molecule has 5 heterocycles. The number of rotatable bonds is 12. The maximum atomic E-state index is 13.6. The Kier molecular flexibility index (Phi) is 17.5. The second-order valence-electron chi connectivity index (χ2n) is 15.4. The van der Waals surface area contributed by atoms with Crippen molar-refractivity contribution in [3.05, 3.63) is 0 Å². The van der Waals surface area contributed by atoms with Gasteiger partial charge in [-0.15, -0.1) is 0 Å². The van der Waals surface area contributed by atoms with Crippen LogP contribution >= 0.6 is 0 Å². The second kappa shape index (κ2) is 21.6. The van der Waals surface area contributed by atoms with Crippen LogP contribution in [0.4, 0.5) is 0 Å². The van der Waals surface area contributed by atoms with Crippen molar-refractivity contribution in [1.82, 2.24) is 0 Å². The summed E-state index contributed by atoms with van der Waals surface area (Å²) in [6, 6.07) is 0. The smallest absolute Gasteiger partial charge is 0.308 e. The highest BCUT2D eigenvalue weighted by Crippen LogP contribution is 2.38. The highest BCUT2D eigenvalue weighted by molar-refractivity contribution is 5.70. The number of carbonyl (C=O) groups is 2. The average molecular weight is 809 g/mol. The summed E-state index contributed by atoms with van der Waals surface area (Å²) in [7, 11) is 9.36. The molecule has 18 atom stereocenters. The lowest BCUT2D eigenvalue weighted by Gasteiger charge is -2.46. The van der Waals surface area contributed by atoms with Gasteiger partial charge in [-0.2, -0.15) is 0 Å². The Hall–Kier alpha value is -1.62. The third-order valence-corrected chi connectivity index (χ3v) is 11.9. The first-order valence-corrected chi connectivity index (χ1v) is 19.6. The van der Waals surface area contributed by atoms with Crippen molar-refractivity contribution in [3.8, 4) is 0 Å². The Morgan fingerprint density at radius 1 is 0.536 bits per heavy atom. The zero-order valence-electron chi connectivity index (χ0n) is 33.9. The van der Waals surface area contributed by atoms with Gasteiger partial charge >= 0.3 is 11.9 Å². The zero-order valence-corrected chi connectivity index (χ0v) is 33.9. The molecule has 2 N–H and O–H groups in total. The molecular weight excluding hydrogens is 744 g/mol. The summed E-state index contributed by atoms with van der Waals surface area (Å²) in [5.41, 5.74) is 0. The molecule has 0 radical (unpaired) electrons. The Balaban J connectivity index is 1.34. The number of carbonyl (C=O) groups excluding carboxylic acids is 2. The van der Waals surface area contributed by atoms with E-state index in [-0.39, 0.29) is 62.9 Å². The first kappa shape index (κ1) is 45.5. The molecule has 0 aliphatic carbocycles. The minimum Gasteiger partial charge on any atom is -0.460 e. The third kappa shape index (κ3) is 10.9. The van der Waals surface area contributed by atoms with Crippen LogP contribution in [0.1, 0.15) is 52.4 Å². The number of hydrogen-bond acceptors (Lipinski definition) is 18. The van der Waals surface area contributed by atoms with Crippen LogP contribution in [0.25, 0.3) is 0 Å². The first-order valence-electron chi connectivity index (χ1n) is 19.6. The molecule has 0 spiro atoms. The summed E-state index contributed by atoms with van der Waals surface area (Å²) < 4.78 is 83.8. The van der Waals surface area contributed by atoms with E-state index in [0.717, 1.165) is 0 Å². The molecule has 0 amide bonds. The molecule has 5 saturated heterocycles. The van der Waals surface area contributed by atoms with Gasteiger partial charge in [-0.05, 0) is 0 Å². The SMILES string of the molecule is CO[C@@H]1[C@@H](OC)[C@H](O[C@H]2C[C@H]3C[C@@H](CO)OC(=O)C[C@@H]4O[C@H](C[C@@H](CO)OC(=O)C[C@H](O3)[C@@H]2C)C[C@H](O[C@@H]2OC[C@@H](OC)[C@H](OC)[C@H]2OC)[C@H]4C)OC[C@H]1OC. The number of esters is 2.